The average molecular weight is 894 g/mol. The van der Waals surface area contributed by atoms with Crippen molar-refractivity contribution in [3.63, 3.8) is 0 Å². The zero-order valence-corrected chi connectivity index (χ0v) is 39.0. The topological polar surface area (TPSA) is 153 Å². The Morgan fingerprint density at radius 2 is 1.51 bits per heavy atom. The molecular weight excluding hydrogens is 829 g/mol. The summed E-state index contributed by atoms with van der Waals surface area (Å²) >= 11 is 0. The van der Waals surface area contributed by atoms with Crippen LogP contribution in [-0.2, 0) is 14.3 Å². The number of imidazole rings is 1. The number of amidine groups is 1. The zero-order chi connectivity index (χ0) is 46.9. The number of carbonyl (C=O) groups excluding carboxylic acids is 2. The van der Waals surface area contributed by atoms with Gasteiger partial charge in [0.05, 0.1) is 55.5 Å². The standard InChI is InChI=1S/C50H65F2N9O4/c1-27(2)45(58-50(63)65-10)32(8)59-21-11-13-41(59)31(7)54-38-17-15-33(23-29(38)5)42-19-20-43(61(42)35-25-36(51)30(6)37(52)26-35)34-16-18-39-40(24-34)56-47(55-39)44-14-12-22-60(44)48(62)46(28(3)4)57-49(53)64-9/h15-18,23-28,41-46,54H,7-8,11-14,19-22H2,1-6,9-10H3,(H2,53,57)(H,55,56)(H,58,63)/t41-,42?,43+,44?,45-,46?/m0/s1. The monoisotopic (exact) mass is 894 g/mol. The summed E-state index contributed by atoms with van der Waals surface area (Å²) < 4.78 is 40.8. The van der Waals surface area contributed by atoms with Crippen LogP contribution < -0.4 is 21.3 Å². The number of aromatic amines is 1. The molecule has 0 saturated carbocycles. The molecule has 3 saturated heterocycles. The average Bonchev–Trinajstić information content (AvgIpc) is 4.12. The number of benzene rings is 3. The van der Waals surface area contributed by atoms with Crippen molar-refractivity contribution >= 4 is 40.4 Å². The van der Waals surface area contributed by atoms with E-state index < -0.39 is 23.8 Å². The van der Waals surface area contributed by atoms with Crippen LogP contribution in [0.25, 0.3) is 11.0 Å². The lowest BCUT2D eigenvalue weighted by atomic mass is 9.99. The number of fused-ring (bicyclic) bond motifs is 1. The van der Waals surface area contributed by atoms with E-state index in [4.69, 9.17) is 20.2 Å². The van der Waals surface area contributed by atoms with Crippen LogP contribution in [0.3, 0.4) is 0 Å². The van der Waals surface area contributed by atoms with Crippen molar-refractivity contribution in [1.29, 1.82) is 0 Å². The summed E-state index contributed by atoms with van der Waals surface area (Å²) in [5.41, 5.74) is 13.5. The molecule has 4 aromatic rings. The number of alkyl carbamates (subject to hydrolysis) is 1. The van der Waals surface area contributed by atoms with Crippen LogP contribution in [0.4, 0.5) is 25.0 Å². The Hall–Kier alpha value is -6.12. The number of hydrogen-bond donors (Lipinski definition) is 4. The second kappa shape index (κ2) is 19.5. The number of aromatic nitrogens is 2. The molecule has 348 valence electrons. The van der Waals surface area contributed by atoms with Gasteiger partial charge in [0, 0.05) is 41.4 Å². The smallest absolute Gasteiger partial charge is 0.407 e. The summed E-state index contributed by atoms with van der Waals surface area (Å²) in [6.07, 6.45) is 4.41. The third kappa shape index (κ3) is 9.65. The number of nitrogens with one attached hydrogen (secondary N) is 3. The third-order valence-electron chi connectivity index (χ3n) is 13.5. The minimum absolute atomic E-state index is 0.0177. The lowest BCUT2D eigenvalue weighted by Crippen LogP contribution is -2.46. The maximum Gasteiger partial charge on any atom is 0.407 e. The van der Waals surface area contributed by atoms with Crippen LogP contribution in [0.1, 0.15) is 112 Å². The Balaban J connectivity index is 1.14. The molecular formula is C50H65F2N9O4. The number of anilines is 2. The summed E-state index contributed by atoms with van der Waals surface area (Å²) in [5, 5.41) is 6.54. The fourth-order valence-corrected chi connectivity index (χ4v) is 9.95. The molecule has 7 rings (SSSR count). The predicted octanol–water partition coefficient (Wildman–Crippen LogP) is 9.47. The number of methoxy groups -OCH3 is 2. The highest BCUT2D eigenvalue weighted by Gasteiger charge is 2.39. The number of nitrogens with two attached hydrogens (primary N) is 1. The molecule has 2 amide bonds. The maximum absolute atomic E-state index is 15.4. The first-order chi connectivity index (χ1) is 31.0. The van der Waals surface area contributed by atoms with Crippen molar-refractivity contribution in [3.05, 3.63) is 113 Å². The highest BCUT2D eigenvalue weighted by molar-refractivity contribution is 5.86. The van der Waals surface area contributed by atoms with Gasteiger partial charge in [-0.05, 0) is 111 Å². The molecule has 3 unspecified atom stereocenters. The number of halogens is 2. The van der Waals surface area contributed by atoms with Gasteiger partial charge in [-0.1, -0.05) is 59.1 Å². The SMILES string of the molecule is C=C(Nc1ccc(C2CC[C@H](c3ccc4nc(C5CCCN5C(=O)C(N=C(N)OC)C(C)C)[nH]c4c3)N2c2cc(F)c(C)c(F)c2)cc1C)[C@@H]1CCCN1C(=C)[C@@H](NC(=O)OC)C(C)C. The number of aryl methyl sites for hydroxylation is 1. The molecule has 3 aliphatic heterocycles. The van der Waals surface area contributed by atoms with Gasteiger partial charge < -0.3 is 45.5 Å². The van der Waals surface area contributed by atoms with E-state index >= 15 is 8.78 Å². The first-order valence-electron chi connectivity index (χ1n) is 22.8. The highest BCUT2D eigenvalue weighted by atomic mass is 19.1. The molecule has 0 radical (unpaired) electrons. The molecule has 6 atom stereocenters. The lowest BCUT2D eigenvalue weighted by Gasteiger charge is -2.36. The Kier molecular flexibility index (Phi) is 14.1. The number of nitrogens with zero attached hydrogens (tertiary/aromatic N) is 5. The first-order valence-corrected chi connectivity index (χ1v) is 22.8. The summed E-state index contributed by atoms with van der Waals surface area (Å²) in [6, 6.07) is 13.6. The number of hydrogen-bond acceptors (Lipinski definition) is 9. The lowest BCUT2D eigenvalue weighted by molar-refractivity contribution is -0.134. The van der Waals surface area contributed by atoms with E-state index in [2.05, 4.69) is 74.8 Å². The Morgan fingerprint density at radius 1 is 0.862 bits per heavy atom. The summed E-state index contributed by atoms with van der Waals surface area (Å²) in [4.78, 5) is 45.2. The van der Waals surface area contributed by atoms with E-state index in [1.807, 2.05) is 44.7 Å². The number of carbonyl (C=O) groups is 2. The highest BCUT2D eigenvalue weighted by Crippen LogP contribution is 2.48. The molecule has 0 bridgehead atoms. The fourth-order valence-electron chi connectivity index (χ4n) is 9.95. The number of ether oxygens (including phenoxy) is 2. The Bertz CT molecular complexity index is 2440. The van der Waals surface area contributed by atoms with E-state index in [0.29, 0.717) is 18.1 Å². The molecule has 0 aliphatic carbocycles. The predicted molar refractivity (Wildman–Crippen MR) is 252 cm³/mol. The van der Waals surface area contributed by atoms with Crippen LogP contribution >= 0.6 is 0 Å². The molecule has 4 heterocycles. The molecule has 5 N–H and O–H groups in total. The number of amides is 2. The maximum atomic E-state index is 15.4. The number of likely N-dealkylation sites (tertiary alicyclic amines) is 2. The second-order valence-electron chi connectivity index (χ2n) is 18.4. The number of aliphatic imine (C=N–C) groups is 1. The van der Waals surface area contributed by atoms with Gasteiger partial charge in [-0.2, -0.15) is 0 Å². The Morgan fingerprint density at radius 3 is 2.14 bits per heavy atom. The molecule has 3 aliphatic rings. The van der Waals surface area contributed by atoms with Crippen LogP contribution in [0, 0.1) is 37.3 Å². The van der Waals surface area contributed by atoms with Gasteiger partial charge in [0.15, 0.2) is 0 Å². The number of rotatable bonds is 14. The fraction of sp³-hybridized carbons (Fsp3) is 0.480. The van der Waals surface area contributed by atoms with E-state index in [1.54, 1.807) is 0 Å². The van der Waals surface area contributed by atoms with Gasteiger partial charge in [0.1, 0.15) is 23.5 Å². The molecule has 13 nitrogen and oxygen atoms in total. The van der Waals surface area contributed by atoms with Crippen molar-refractivity contribution in [2.45, 2.75) is 116 Å². The van der Waals surface area contributed by atoms with Crippen LogP contribution in [0.15, 0.2) is 78.1 Å². The first kappa shape index (κ1) is 46.9. The van der Waals surface area contributed by atoms with Gasteiger partial charge in [0.25, 0.3) is 6.02 Å². The zero-order valence-electron chi connectivity index (χ0n) is 39.0. The molecule has 3 fully saturated rings. The van der Waals surface area contributed by atoms with Crippen molar-refractivity contribution in [3.8, 4) is 0 Å². The van der Waals surface area contributed by atoms with Gasteiger partial charge in [0.2, 0.25) is 5.91 Å². The Labute approximate surface area is 381 Å². The van der Waals surface area contributed by atoms with E-state index in [0.717, 1.165) is 89.9 Å². The van der Waals surface area contributed by atoms with Crippen LogP contribution in [-0.4, -0.2) is 83.2 Å². The van der Waals surface area contributed by atoms with Crippen LogP contribution in [0.5, 0.6) is 0 Å². The van der Waals surface area contributed by atoms with Gasteiger partial charge in [-0.15, -0.1) is 0 Å². The summed E-state index contributed by atoms with van der Waals surface area (Å²) in [5.74, 6) is -0.603. The molecule has 65 heavy (non-hydrogen) atoms. The van der Waals surface area contributed by atoms with Crippen molar-refractivity contribution in [2.75, 3.05) is 37.5 Å². The number of H-pyrrole nitrogens is 1. The van der Waals surface area contributed by atoms with Crippen molar-refractivity contribution in [1.82, 2.24) is 25.1 Å². The minimum atomic E-state index is -0.684. The van der Waals surface area contributed by atoms with Crippen molar-refractivity contribution in [2.24, 2.45) is 22.6 Å². The normalized spacial score (nSPS) is 21.0. The van der Waals surface area contributed by atoms with Crippen molar-refractivity contribution < 1.29 is 27.8 Å². The van der Waals surface area contributed by atoms with E-state index in [9.17, 15) is 9.59 Å². The molecule has 0 spiro atoms. The summed E-state index contributed by atoms with van der Waals surface area (Å²) in [7, 11) is 2.79. The molecule has 3 aromatic carbocycles. The van der Waals surface area contributed by atoms with Crippen LogP contribution in [0.2, 0.25) is 0 Å². The molecule has 15 heteroatoms. The largest absolute Gasteiger partial charge is 0.469 e. The van der Waals surface area contributed by atoms with Gasteiger partial charge >= 0.3 is 6.09 Å². The minimum Gasteiger partial charge on any atom is -0.469 e. The molecule has 1 aromatic heterocycles. The van der Waals surface area contributed by atoms with Gasteiger partial charge in [-0.25, -0.2) is 23.6 Å². The van der Waals surface area contributed by atoms with E-state index in [1.165, 1.54) is 33.3 Å². The second-order valence-corrected chi connectivity index (χ2v) is 18.4. The quantitative estimate of drug-likeness (QED) is 0.0717. The van der Waals surface area contributed by atoms with E-state index in [-0.39, 0.29) is 59.5 Å². The van der Waals surface area contributed by atoms with Gasteiger partial charge in [-0.3, -0.25) is 4.79 Å². The summed E-state index contributed by atoms with van der Waals surface area (Å²) in [6.45, 7) is 21.7. The third-order valence-corrected chi connectivity index (χ3v) is 13.5.